The topological polar surface area (TPSA) is 46.8 Å². The van der Waals surface area contributed by atoms with Gasteiger partial charge in [0.15, 0.2) is 0 Å². The van der Waals surface area contributed by atoms with E-state index in [1.807, 2.05) is 36.1 Å². The lowest BCUT2D eigenvalue weighted by Gasteiger charge is -2.25. The Morgan fingerprint density at radius 3 is 2.95 bits per heavy atom. The fourth-order valence-electron chi connectivity index (χ4n) is 3.20. The van der Waals surface area contributed by atoms with Gasteiger partial charge in [0.05, 0.1) is 17.8 Å². The molecule has 3 heterocycles. The standard InChI is InChI=1S/C16H17N5/c1-20-10-12(9-19-20)15-7-4-8-21(15)16-13-5-2-3-6-14(13)17-11-18-16/h2-3,5-6,9-11,15H,4,7-8H2,1H3. The Morgan fingerprint density at radius 2 is 2.10 bits per heavy atom. The highest BCUT2D eigenvalue weighted by Crippen LogP contribution is 2.37. The molecule has 1 aliphatic heterocycles. The summed E-state index contributed by atoms with van der Waals surface area (Å²) in [5.41, 5.74) is 2.26. The Hall–Kier alpha value is -2.43. The molecule has 2 aromatic heterocycles. The number of fused-ring (bicyclic) bond motifs is 1. The third kappa shape index (κ3) is 2.05. The van der Waals surface area contributed by atoms with Crippen LogP contribution in [0.4, 0.5) is 5.82 Å². The molecule has 5 heteroatoms. The molecule has 3 aromatic rings. The number of para-hydroxylation sites is 1. The summed E-state index contributed by atoms with van der Waals surface area (Å²) in [5, 5.41) is 5.43. The maximum absolute atomic E-state index is 4.56. The van der Waals surface area contributed by atoms with Gasteiger partial charge in [-0.3, -0.25) is 4.68 Å². The molecule has 0 radical (unpaired) electrons. The molecule has 0 spiro atoms. The summed E-state index contributed by atoms with van der Waals surface area (Å²) in [6.07, 6.45) is 8.05. The number of aromatic nitrogens is 4. The summed E-state index contributed by atoms with van der Waals surface area (Å²) in [7, 11) is 1.96. The van der Waals surface area contributed by atoms with Gasteiger partial charge in [0, 0.05) is 30.7 Å². The average Bonchev–Trinajstić information content (AvgIpc) is 3.15. The first-order valence-electron chi connectivity index (χ1n) is 7.28. The van der Waals surface area contributed by atoms with Crippen LogP contribution in [0.2, 0.25) is 0 Å². The molecule has 1 saturated heterocycles. The van der Waals surface area contributed by atoms with Crippen LogP contribution in [-0.2, 0) is 7.05 Å². The number of hydrogen-bond acceptors (Lipinski definition) is 4. The molecule has 0 N–H and O–H groups in total. The predicted molar refractivity (Wildman–Crippen MR) is 82.1 cm³/mol. The van der Waals surface area contributed by atoms with Crippen molar-refractivity contribution in [3.05, 3.63) is 48.5 Å². The third-order valence-electron chi connectivity index (χ3n) is 4.16. The number of nitrogens with zero attached hydrogens (tertiary/aromatic N) is 5. The van der Waals surface area contributed by atoms with Gasteiger partial charge < -0.3 is 4.90 Å². The van der Waals surface area contributed by atoms with Crippen molar-refractivity contribution < 1.29 is 0 Å². The normalized spacial score (nSPS) is 18.5. The molecule has 106 valence electrons. The molecule has 0 aliphatic carbocycles. The number of hydrogen-bond donors (Lipinski definition) is 0. The summed E-state index contributed by atoms with van der Waals surface area (Å²) >= 11 is 0. The van der Waals surface area contributed by atoms with E-state index >= 15 is 0 Å². The first-order valence-corrected chi connectivity index (χ1v) is 7.28. The smallest absolute Gasteiger partial charge is 0.140 e. The zero-order chi connectivity index (χ0) is 14.2. The lowest BCUT2D eigenvalue weighted by atomic mass is 10.1. The maximum Gasteiger partial charge on any atom is 0.140 e. The van der Waals surface area contributed by atoms with Gasteiger partial charge in [0.25, 0.3) is 0 Å². The largest absolute Gasteiger partial charge is 0.349 e. The molecular weight excluding hydrogens is 262 g/mol. The number of anilines is 1. The lowest BCUT2D eigenvalue weighted by molar-refractivity contribution is 0.709. The molecule has 1 unspecified atom stereocenters. The van der Waals surface area contributed by atoms with Crippen LogP contribution in [0.25, 0.3) is 10.9 Å². The van der Waals surface area contributed by atoms with E-state index in [-0.39, 0.29) is 0 Å². The van der Waals surface area contributed by atoms with Gasteiger partial charge in [0.1, 0.15) is 12.1 Å². The fraction of sp³-hybridized carbons (Fsp3) is 0.312. The van der Waals surface area contributed by atoms with Crippen LogP contribution in [0.1, 0.15) is 24.4 Å². The highest BCUT2D eigenvalue weighted by molar-refractivity contribution is 5.89. The molecule has 1 fully saturated rings. The summed E-state index contributed by atoms with van der Waals surface area (Å²) in [4.78, 5) is 11.3. The Kier molecular flexibility index (Phi) is 2.84. The Morgan fingerprint density at radius 1 is 1.19 bits per heavy atom. The van der Waals surface area contributed by atoms with Gasteiger partial charge in [-0.2, -0.15) is 5.10 Å². The monoisotopic (exact) mass is 279 g/mol. The van der Waals surface area contributed by atoms with E-state index in [0.29, 0.717) is 6.04 Å². The van der Waals surface area contributed by atoms with Crippen LogP contribution < -0.4 is 4.90 Å². The minimum absolute atomic E-state index is 0.358. The van der Waals surface area contributed by atoms with E-state index in [9.17, 15) is 0 Å². The second-order valence-electron chi connectivity index (χ2n) is 5.51. The number of aryl methyl sites for hydroxylation is 1. The summed E-state index contributed by atoms with van der Waals surface area (Å²) in [5.74, 6) is 1.03. The van der Waals surface area contributed by atoms with Crippen LogP contribution >= 0.6 is 0 Å². The van der Waals surface area contributed by atoms with Crippen LogP contribution in [0.15, 0.2) is 43.0 Å². The molecule has 21 heavy (non-hydrogen) atoms. The van der Waals surface area contributed by atoms with Crippen molar-refractivity contribution in [1.82, 2.24) is 19.7 Å². The van der Waals surface area contributed by atoms with E-state index in [1.54, 1.807) is 6.33 Å². The van der Waals surface area contributed by atoms with E-state index in [0.717, 1.165) is 29.7 Å². The van der Waals surface area contributed by atoms with Crippen LogP contribution in [0.5, 0.6) is 0 Å². The SMILES string of the molecule is Cn1cc(C2CCCN2c2ncnc3ccccc23)cn1. The summed E-state index contributed by atoms with van der Waals surface area (Å²) in [6, 6.07) is 8.56. The molecule has 4 rings (SSSR count). The number of benzene rings is 1. The van der Waals surface area contributed by atoms with Gasteiger partial charge in [-0.25, -0.2) is 9.97 Å². The van der Waals surface area contributed by atoms with Crippen molar-refractivity contribution in [2.75, 3.05) is 11.4 Å². The predicted octanol–water partition coefficient (Wildman–Crippen LogP) is 2.70. The van der Waals surface area contributed by atoms with Crippen molar-refractivity contribution in [1.29, 1.82) is 0 Å². The van der Waals surface area contributed by atoms with Gasteiger partial charge in [-0.05, 0) is 25.0 Å². The Balaban J connectivity index is 1.80. The highest BCUT2D eigenvalue weighted by Gasteiger charge is 2.29. The molecule has 1 aliphatic rings. The van der Waals surface area contributed by atoms with Crippen LogP contribution in [0.3, 0.4) is 0 Å². The highest BCUT2D eigenvalue weighted by atomic mass is 15.3. The van der Waals surface area contributed by atoms with Gasteiger partial charge in [0.2, 0.25) is 0 Å². The zero-order valence-corrected chi connectivity index (χ0v) is 12.0. The minimum atomic E-state index is 0.358. The van der Waals surface area contributed by atoms with E-state index in [2.05, 4.69) is 32.2 Å². The van der Waals surface area contributed by atoms with Crippen molar-refractivity contribution in [2.45, 2.75) is 18.9 Å². The third-order valence-corrected chi connectivity index (χ3v) is 4.16. The Labute approximate surface area is 123 Å². The molecular formula is C16H17N5. The van der Waals surface area contributed by atoms with Crippen LogP contribution in [0, 0.1) is 0 Å². The molecule has 0 saturated carbocycles. The average molecular weight is 279 g/mol. The minimum Gasteiger partial charge on any atom is -0.349 e. The molecule has 1 aromatic carbocycles. The van der Waals surface area contributed by atoms with E-state index in [4.69, 9.17) is 0 Å². The van der Waals surface area contributed by atoms with E-state index < -0.39 is 0 Å². The van der Waals surface area contributed by atoms with Crippen molar-refractivity contribution >= 4 is 16.7 Å². The first kappa shape index (κ1) is 12.3. The molecule has 5 nitrogen and oxygen atoms in total. The summed E-state index contributed by atoms with van der Waals surface area (Å²) in [6.45, 7) is 1.03. The fourth-order valence-corrected chi connectivity index (χ4v) is 3.20. The second-order valence-corrected chi connectivity index (χ2v) is 5.51. The zero-order valence-electron chi connectivity index (χ0n) is 12.0. The van der Waals surface area contributed by atoms with Crippen molar-refractivity contribution in [2.24, 2.45) is 7.05 Å². The van der Waals surface area contributed by atoms with Crippen LogP contribution in [-0.4, -0.2) is 26.3 Å². The first-order chi connectivity index (χ1) is 10.3. The van der Waals surface area contributed by atoms with Gasteiger partial charge >= 0.3 is 0 Å². The molecule has 1 atom stereocenters. The second kappa shape index (κ2) is 4.84. The van der Waals surface area contributed by atoms with Gasteiger partial charge in [-0.1, -0.05) is 12.1 Å². The van der Waals surface area contributed by atoms with E-state index in [1.165, 1.54) is 12.0 Å². The maximum atomic E-state index is 4.56. The van der Waals surface area contributed by atoms with Gasteiger partial charge in [-0.15, -0.1) is 0 Å². The summed E-state index contributed by atoms with van der Waals surface area (Å²) < 4.78 is 1.86. The van der Waals surface area contributed by atoms with Crippen molar-refractivity contribution in [3.63, 3.8) is 0 Å². The molecule has 0 amide bonds. The Bertz CT molecular complexity index is 774. The lowest BCUT2D eigenvalue weighted by Crippen LogP contribution is -2.23. The molecule has 0 bridgehead atoms. The number of rotatable bonds is 2. The quantitative estimate of drug-likeness (QED) is 0.723. The van der Waals surface area contributed by atoms with Crippen molar-refractivity contribution in [3.8, 4) is 0 Å².